The first kappa shape index (κ1) is 19.0. The summed E-state index contributed by atoms with van der Waals surface area (Å²) in [6, 6.07) is 9.51. The van der Waals surface area contributed by atoms with Crippen LogP contribution in [0.3, 0.4) is 0 Å². The van der Waals surface area contributed by atoms with Gasteiger partial charge in [-0.05, 0) is 48.9 Å². The zero-order chi connectivity index (χ0) is 19.6. The first-order chi connectivity index (χ1) is 12.9. The van der Waals surface area contributed by atoms with Crippen LogP contribution in [0.2, 0.25) is 0 Å². The molecule has 1 aliphatic heterocycles. The molecule has 0 aliphatic carbocycles. The zero-order valence-corrected chi connectivity index (χ0v) is 15.7. The van der Waals surface area contributed by atoms with Gasteiger partial charge in [0.1, 0.15) is 15.9 Å². The predicted octanol–water partition coefficient (Wildman–Crippen LogP) is 4.75. The summed E-state index contributed by atoms with van der Waals surface area (Å²) in [5, 5.41) is 11.4. The predicted molar refractivity (Wildman–Crippen MR) is 105 cm³/mol. The van der Waals surface area contributed by atoms with E-state index < -0.39 is 10.7 Å². The molecule has 6 nitrogen and oxygen atoms in total. The van der Waals surface area contributed by atoms with Gasteiger partial charge in [0.2, 0.25) is 5.75 Å². The van der Waals surface area contributed by atoms with E-state index in [2.05, 4.69) is 0 Å². The van der Waals surface area contributed by atoms with Gasteiger partial charge in [-0.15, -0.1) is 0 Å². The van der Waals surface area contributed by atoms with Crippen molar-refractivity contribution < 1.29 is 18.8 Å². The molecule has 27 heavy (non-hydrogen) atoms. The molecular formula is C18H13FN2O4S2. The molecule has 9 heteroatoms. The Balaban J connectivity index is 1.91. The number of hydrogen-bond acceptors (Lipinski definition) is 6. The van der Waals surface area contributed by atoms with Gasteiger partial charge in [0.25, 0.3) is 5.91 Å². The van der Waals surface area contributed by atoms with Crippen molar-refractivity contribution in [3.8, 4) is 11.5 Å². The number of thioether (sulfide) groups is 1. The number of halogens is 1. The lowest BCUT2D eigenvalue weighted by Gasteiger charge is -2.09. The van der Waals surface area contributed by atoms with Crippen molar-refractivity contribution in [1.29, 1.82) is 0 Å². The molecule has 0 bridgehead atoms. The summed E-state index contributed by atoms with van der Waals surface area (Å²) in [7, 11) is 0. The lowest BCUT2D eigenvalue weighted by Crippen LogP contribution is -2.27. The Labute approximate surface area is 163 Å². The average Bonchev–Trinajstić information content (AvgIpc) is 2.90. The second-order valence-corrected chi connectivity index (χ2v) is 7.14. The Morgan fingerprint density at radius 1 is 1.30 bits per heavy atom. The molecule has 0 radical (unpaired) electrons. The third kappa shape index (κ3) is 4.15. The van der Waals surface area contributed by atoms with Gasteiger partial charge in [0.15, 0.2) is 0 Å². The number of amides is 1. The summed E-state index contributed by atoms with van der Waals surface area (Å²) < 4.78 is 18.9. The monoisotopic (exact) mass is 404 g/mol. The SMILES string of the molecule is CCN1C(=O)/C(=C/c2ccc(Oc3ccc(F)cc3)c([N+](=O)[O-])c2)SC1=S. The smallest absolute Gasteiger partial charge is 0.312 e. The summed E-state index contributed by atoms with van der Waals surface area (Å²) in [5.41, 5.74) is 0.212. The van der Waals surface area contributed by atoms with Gasteiger partial charge in [0.05, 0.1) is 9.83 Å². The molecule has 1 saturated heterocycles. The van der Waals surface area contributed by atoms with E-state index in [4.69, 9.17) is 17.0 Å². The van der Waals surface area contributed by atoms with Gasteiger partial charge in [-0.1, -0.05) is 30.0 Å². The van der Waals surface area contributed by atoms with Crippen molar-refractivity contribution in [1.82, 2.24) is 4.90 Å². The molecule has 2 aromatic rings. The van der Waals surface area contributed by atoms with Crippen LogP contribution in [-0.2, 0) is 4.79 Å². The topological polar surface area (TPSA) is 72.7 Å². The highest BCUT2D eigenvalue weighted by atomic mass is 32.2. The molecule has 1 heterocycles. The number of carbonyl (C=O) groups is 1. The highest BCUT2D eigenvalue weighted by molar-refractivity contribution is 8.26. The van der Waals surface area contributed by atoms with Gasteiger partial charge in [-0.3, -0.25) is 19.8 Å². The van der Waals surface area contributed by atoms with Crippen LogP contribution in [0.5, 0.6) is 11.5 Å². The lowest BCUT2D eigenvalue weighted by molar-refractivity contribution is -0.385. The van der Waals surface area contributed by atoms with Gasteiger partial charge >= 0.3 is 5.69 Å². The van der Waals surface area contributed by atoms with Crippen LogP contribution in [0.25, 0.3) is 6.08 Å². The van der Waals surface area contributed by atoms with Crippen LogP contribution in [0.4, 0.5) is 10.1 Å². The summed E-state index contributed by atoms with van der Waals surface area (Å²) in [6.07, 6.45) is 1.56. The highest BCUT2D eigenvalue weighted by Crippen LogP contribution is 2.36. The summed E-state index contributed by atoms with van der Waals surface area (Å²) in [4.78, 5) is 25.0. The van der Waals surface area contributed by atoms with Crippen LogP contribution in [0, 0.1) is 15.9 Å². The fraction of sp³-hybridized carbons (Fsp3) is 0.111. The van der Waals surface area contributed by atoms with Crippen LogP contribution in [-0.4, -0.2) is 26.6 Å². The number of rotatable bonds is 5. The lowest BCUT2D eigenvalue weighted by atomic mass is 10.1. The fourth-order valence-corrected chi connectivity index (χ4v) is 3.79. The molecule has 0 saturated carbocycles. The van der Waals surface area contributed by atoms with Gasteiger partial charge in [-0.25, -0.2) is 4.39 Å². The van der Waals surface area contributed by atoms with Crippen molar-refractivity contribution in [3.63, 3.8) is 0 Å². The molecule has 0 atom stereocenters. The normalized spacial score (nSPS) is 15.5. The average molecular weight is 404 g/mol. The molecule has 0 N–H and O–H groups in total. The third-order valence-electron chi connectivity index (χ3n) is 3.71. The molecule has 3 rings (SSSR count). The van der Waals surface area contributed by atoms with E-state index in [-0.39, 0.29) is 23.1 Å². The minimum atomic E-state index is -0.576. The number of likely N-dealkylation sites (N-methyl/N-ethyl adjacent to an activating group) is 1. The van der Waals surface area contributed by atoms with Crippen molar-refractivity contribution >= 4 is 46.0 Å². The largest absolute Gasteiger partial charge is 0.450 e. The van der Waals surface area contributed by atoms with E-state index in [9.17, 15) is 19.3 Å². The van der Waals surface area contributed by atoms with Crippen LogP contribution in [0.1, 0.15) is 12.5 Å². The maximum atomic E-state index is 13.0. The maximum absolute atomic E-state index is 13.0. The van der Waals surface area contributed by atoms with Gasteiger partial charge in [-0.2, -0.15) is 0 Å². The quantitative estimate of drug-likeness (QED) is 0.310. The molecule has 2 aromatic carbocycles. The van der Waals surface area contributed by atoms with Crippen molar-refractivity contribution in [2.24, 2.45) is 0 Å². The summed E-state index contributed by atoms with van der Waals surface area (Å²) in [6.45, 7) is 2.28. The Morgan fingerprint density at radius 2 is 2.00 bits per heavy atom. The first-order valence-corrected chi connectivity index (χ1v) is 9.08. The van der Waals surface area contributed by atoms with Crippen LogP contribution < -0.4 is 4.74 Å². The number of carbonyl (C=O) groups excluding carboxylic acids is 1. The second kappa shape index (κ2) is 7.85. The van der Waals surface area contributed by atoms with E-state index in [1.807, 2.05) is 6.92 Å². The molecule has 0 aromatic heterocycles. The molecule has 138 valence electrons. The van der Waals surface area contributed by atoms with Crippen molar-refractivity contribution in [2.45, 2.75) is 6.92 Å². The Kier molecular flexibility index (Phi) is 5.52. The van der Waals surface area contributed by atoms with E-state index >= 15 is 0 Å². The molecule has 1 aliphatic rings. The number of thiocarbonyl (C=S) groups is 1. The fourth-order valence-electron chi connectivity index (χ4n) is 2.41. The minimum Gasteiger partial charge on any atom is -0.450 e. The second-order valence-electron chi connectivity index (χ2n) is 5.47. The standard InChI is InChI=1S/C18H13FN2O4S2/c1-2-20-17(22)16(27-18(20)26)10-11-3-8-15(14(9-11)21(23)24)25-13-6-4-12(19)5-7-13/h3-10H,2H2,1H3/b16-10-. The van der Waals surface area contributed by atoms with Gasteiger partial charge in [0, 0.05) is 12.6 Å². The summed E-state index contributed by atoms with van der Waals surface area (Å²) in [5.74, 6) is -0.362. The number of hydrogen-bond donors (Lipinski definition) is 0. The van der Waals surface area contributed by atoms with Gasteiger partial charge < -0.3 is 4.74 Å². The number of nitrogens with zero attached hydrogens (tertiary/aromatic N) is 2. The molecule has 1 fully saturated rings. The van der Waals surface area contributed by atoms with E-state index in [0.717, 1.165) is 11.8 Å². The molecule has 0 unspecified atom stereocenters. The Bertz CT molecular complexity index is 960. The maximum Gasteiger partial charge on any atom is 0.312 e. The Hall–Kier alpha value is -2.78. The van der Waals surface area contributed by atoms with E-state index in [1.165, 1.54) is 41.3 Å². The zero-order valence-electron chi connectivity index (χ0n) is 14.0. The number of benzene rings is 2. The van der Waals surface area contributed by atoms with Crippen LogP contribution in [0.15, 0.2) is 47.4 Å². The third-order valence-corrected chi connectivity index (χ3v) is 5.09. The highest BCUT2D eigenvalue weighted by Gasteiger charge is 2.30. The molecule has 1 amide bonds. The Morgan fingerprint density at radius 3 is 2.59 bits per heavy atom. The first-order valence-electron chi connectivity index (χ1n) is 7.86. The summed E-state index contributed by atoms with van der Waals surface area (Å²) >= 11 is 6.31. The number of nitro groups is 1. The molecule has 0 spiro atoms. The van der Waals surface area contributed by atoms with E-state index in [1.54, 1.807) is 12.1 Å². The van der Waals surface area contributed by atoms with E-state index in [0.29, 0.717) is 21.3 Å². The number of ether oxygens (including phenoxy) is 1. The van der Waals surface area contributed by atoms with Crippen molar-refractivity contribution in [2.75, 3.05) is 6.54 Å². The molecular weight excluding hydrogens is 391 g/mol. The van der Waals surface area contributed by atoms with Crippen molar-refractivity contribution in [3.05, 3.63) is 68.9 Å². The van der Waals surface area contributed by atoms with Crippen LogP contribution >= 0.6 is 24.0 Å². The minimum absolute atomic E-state index is 0.0184. The number of nitro benzene ring substituents is 1.